The number of aromatic nitrogens is 1. The lowest BCUT2D eigenvalue weighted by Crippen LogP contribution is -2.20. The lowest BCUT2D eigenvalue weighted by Gasteiger charge is -2.10. The van der Waals surface area contributed by atoms with Gasteiger partial charge in [-0.05, 0) is 36.8 Å². The maximum atomic E-state index is 12.6. The Hall–Kier alpha value is -2.52. The fourth-order valence-electron chi connectivity index (χ4n) is 3.08. The van der Waals surface area contributed by atoms with Crippen LogP contribution in [0.15, 0.2) is 48.5 Å². The summed E-state index contributed by atoms with van der Waals surface area (Å²) in [5.41, 5.74) is 2.97. The van der Waals surface area contributed by atoms with E-state index in [0.29, 0.717) is 25.8 Å². The maximum Gasteiger partial charge on any atom is 0.341 e. The number of esters is 1. The third kappa shape index (κ3) is 4.04. The first kappa shape index (κ1) is 20.7. The van der Waals surface area contributed by atoms with E-state index < -0.39 is 5.97 Å². The minimum atomic E-state index is -0.421. The van der Waals surface area contributed by atoms with Crippen molar-refractivity contribution in [3.8, 4) is 11.1 Å². The number of rotatable bonds is 4. The number of anilines is 2. The standard InChI is InChI=1S/C21H16ClN3O2S3/c1-11-15(12-7-4-3-5-8-12)16(19(26)27-2)18(29-11)24-20(28)25-21-23-17-13(22)9-6-10-14(17)30-21/h3-10H,1-2H3,(H2,23,24,25,28). The SMILES string of the molecule is COC(=O)c1c(NC(=S)Nc2nc3c(Cl)cccc3s2)sc(C)c1-c1ccccc1. The van der Waals surface area contributed by atoms with E-state index in [1.807, 2.05) is 49.4 Å². The summed E-state index contributed by atoms with van der Waals surface area (Å²) >= 11 is 14.6. The first-order valence-electron chi connectivity index (χ1n) is 8.88. The summed E-state index contributed by atoms with van der Waals surface area (Å²) in [7, 11) is 1.37. The van der Waals surface area contributed by atoms with E-state index in [9.17, 15) is 4.79 Å². The molecule has 4 aromatic rings. The van der Waals surface area contributed by atoms with Crippen LogP contribution in [-0.4, -0.2) is 23.2 Å². The van der Waals surface area contributed by atoms with Gasteiger partial charge in [-0.3, -0.25) is 0 Å². The number of nitrogens with zero attached hydrogens (tertiary/aromatic N) is 1. The van der Waals surface area contributed by atoms with E-state index in [4.69, 9.17) is 28.6 Å². The Balaban J connectivity index is 1.64. The van der Waals surface area contributed by atoms with Crippen LogP contribution in [0.4, 0.5) is 10.1 Å². The molecule has 9 heteroatoms. The summed E-state index contributed by atoms with van der Waals surface area (Å²) < 4.78 is 6.00. The number of hydrogen-bond acceptors (Lipinski definition) is 6. The molecule has 0 radical (unpaired) electrons. The van der Waals surface area contributed by atoms with Crippen molar-refractivity contribution < 1.29 is 9.53 Å². The minimum Gasteiger partial charge on any atom is -0.465 e. The van der Waals surface area contributed by atoms with Crippen molar-refractivity contribution in [1.29, 1.82) is 0 Å². The fourth-order valence-corrected chi connectivity index (χ4v) is 5.65. The smallest absolute Gasteiger partial charge is 0.341 e. The van der Waals surface area contributed by atoms with Crippen molar-refractivity contribution in [2.75, 3.05) is 17.7 Å². The third-order valence-electron chi connectivity index (χ3n) is 4.35. The molecule has 0 fully saturated rings. The monoisotopic (exact) mass is 473 g/mol. The predicted octanol–water partition coefficient (Wildman–Crippen LogP) is 6.58. The van der Waals surface area contributed by atoms with Crippen LogP contribution < -0.4 is 10.6 Å². The minimum absolute atomic E-state index is 0.330. The molecule has 0 amide bonds. The third-order valence-corrected chi connectivity index (χ3v) is 6.82. The van der Waals surface area contributed by atoms with Crippen molar-refractivity contribution in [1.82, 2.24) is 4.98 Å². The molecule has 30 heavy (non-hydrogen) atoms. The largest absolute Gasteiger partial charge is 0.465 e. The highest BCUT2D eigenvalue weighted by molar-refractivity contribution is 7.80. The molecule has 2 aromatic carbocycles. The normalized spacial score (nSPS) is 10.8. The molecule has 0 unspecified atom stereocenters. The summed E-state index contributed by atoms with van der Waals surface area (Å²) in [6.07, 6.45) is 0. The summed E-state index contributed by atoms with van der Waals surface area (Å²) in [6, 6.07) is 15.4. The van der Waals surface area contributed by atoms with Crippen LogP contribution in [-0.2, 0) is 4.74 Å². The van der Waals surface area contributed by atoms with Crippen molar-refractivity contribution in [3.05, 3.63) is 64.0 Å². The number of thiazole rings is 1. The molecule has 0 spiro atoms. The van der Waals surface area contributed by atoms with Gasteiger partial charge in [0.05, 0.1) is 16.8 Å². The van der Waals surface area contributed by atoms with E-state index in [2.05, 4.69) is 15.6 Å². The van der Waals surface area contributed by atoms with Gasteiger partial charge in [0, 0.05) is 10.4 Å². The Kier molecular flexibility index (Phi) is 6.01. The average Bonchev–Trinajstić information content (AvgIpc) is 3.29. The number of halogens is 1. The number of thiocarbonyl (C=S) groups is 1. The molecule has 0 atom stereocenters. The zero-order valence-electron chi connectivity index (χ0n) is 16.0. The second kappa shape index (κ2) is 8.69. The number of carbonyl (C=O) groups excluding carboxylic acids is 1. The van der Waals surface area contributed by atoms with Gasteiger partial charge in [-0.1, -0.05) is 59.3 Å². The van der Waals surface area contributed by atoms with Gasteiger partial charge in [-0.25, -0.2) is 9.78 Å². The van der Waals surface area contributed by atoms with Gasteiger partial charge in [0.2, 0.25) is 0 Å². The summed E-state index contributed by atoms with van der Waals surface area (Å²) in [5.74, 6) is -0.421. The van der Waals surface area contributed by atoms with Crippen LogP contribution in [0, 0.1) is 6.92 Å². The molecule has 5 nitrogen and oxygen atoms in total. The van der Waals surface area contributed by atoms with Crippen LogP contribution in [0.1, 0.15) is 15.2 Å². The van der Waals surface area contributed by atoms with Crippen molar-refractivity contribution >= 4 is 77.9 Å². The Morgan fingerprint density at radius 1 is 1.10 bits per heavy atom. The highest BCUT2D eigenvalue weighted by atomic mass is 35.5. The molecule has 152 valence electrons. The van der Waals surface area contributed by atoms with Gasteiger partial charge in [-0.15, -0.1) is 11.3 Å². The molecule has 0 aliphatic heterocycles. The highest BCUT2D eigenvalue weighted by Gasteiger charge is 2.24. The maximum absolute atomic E-state index is 12.6. The average molecular weight is 474 g/mol. The lowest BCUT2D eigenvalue weighted by molar-refractivity contribution is 0.0603. The molecule has 2 N–H and O–H groups in total. The number of thiophene rings is 1. The number of hydrogen-bond donors (Lipinski definition) is 2. The quantitative estimate of drug-likeness (QED) is 0.258. The number of fused-ring (bicyclic) bond motifs is 1. The van der Waals surface area contributed by atoms with Crippen molar-refractivity contribution in [3.63, 3.8) is 0 Å². The molecule has 0 bridgehead atoms. The van der Waals surface area contributed by atoms with Crippen molar-refractivity contribution in [2.45, 2.75) is 6.92 Å². The predicted molar refractivity (Wildman–Crippen MR) is 130 cm³/mol. The second-order valence-electron chi connectivity index (χ2n) is 6.28. The van der Waals surface area contributed by atoms with E-state index >= 15 is 0 Å². The molecule has 0 saturated heterocycles. The zero-order chi connectivity index (χ0) is 21.3. The Morgan fingerprint density at radius 2 is 1.87 bits per heavy atom. The van der Waals surface area contributed by atoms with Crippen molar-refractivity contribution in [2.24, 2.45) is 0 Å². The van der Waals surface area contributed by atoms with Crippen LogP contribution in [0.3, 0.4) is 0 Å². The number of aryl methyl sites for hydroxylation is 1. The number of ether oxygens (including phenoxy) is 1. The molecular formula is C21H16ClN3O2S3. The number of benzene rings is 2. The van der Waals surface area contributed by atoms with Gasteiger partial charge in [-0.2, -0.15) is 0 Å². The van der Waals surface area contributed by atoms with Crippen LogP contribution in [0.5, 0.6) is 0 Å². The van der Waals surface area contributed by atoms with Gasteiger partial charge in [0.1, 0.15) is 16.1 Å². The highest BCUT2D eigenvalue weighted by Crippen LogP contribution is 2.40. The molecular weight excluding hydrogens is 458 g/mol. The van der Waals surface area contributed by atoms with Crippen LogP contribution in [0.25, 0.3) is 21.3 Å². The van der Waals surface area contributed by atoms with Gasteiger partial charge in [0.15, 0.2) is 10.2 Å². The van der Waals surface area contributed by atoms with Gasteiger partial charge >= 0.3 is 5.97 Å². The van der Waals surface area contributed by atoms with Crippen LogP contribution >= 0.6 is 46.5 Å². The molecule has 0 aliphatic carbocycles. The zero-order valence-corrected chi connectivity index (χ0v) is 19.2. The molecule has 0 aliphatic rings. The Bertz CT molecular complexity index is 1250. The second-order valence-corrected chi connectivity index (χ2v) is 9.35. The lowest BCUT2D eigenvalue weighted by atomic mass is 10.0. The summed E-state index contributed by atoms with van der Waals surface area (Å²) in [5, 5.41) is 8.37. The number of nitrogens with one attached hydrogen (secondary N) is 2. The Morgan fingerprint density at radius 3 is 2.57 bits per heavy atom. The summed E-state index contributed by atoms with van der Waals surface area (Å²) in [6.45, 7) is 1.97. The molecule has 0 saturated carbocycles. The molecule has 4 rings (SSSR count). The topological polar surface area (TPSA) is 63.2 Å². The summed E-state index contributed by atoms with van der Waals surface area (Å²) in [4.78, 5) is 18.1. The fraction of sp³-hybridized carbons (Fsp3) is 0.0952. The number of methoxy groups -OCH3 is 1. The molecule has 2 heterocycles. The van der Waals surface area contributed by atoms with Crippen LogP contribution in [0.2, 0.25) is 5.02 Å². The van der Waals surface area contributed by atoms with Gasteiger partial charge < -0.3 is 15.4 Å². The van der Waals surface area contributed by atoms with E-state index in [1.54, 1.807) is 6.07 Å². The first-order chi connectivity index (χ1) is 14.5. The number of para-hydroxylation sites is 1. The van der Waals surface area contributed by atoms with E-state index in [1.165, 1.54) is 29.8 Å². The first-order valence-corrected chi connectivity index (χ1v) is 11.3. The van der Waals surface area contributed by atoms with E-state index in [0.717, 1.165) is 26.2 Å². The van der Waals surface area contributed by atoms with Gasteiger partial charge in [0.25, 0.3) is 0 Å². The number of carbonyl (C=O) groups is 1. The molecule has 2 aromatic heterocycles. The Labute approximate surface area is 191 Å². The van der Waals surface area contributed by atoms with E-state index in [-0.39, 0.29) is 0 Å².